The average Bonchev–Trinajstić information content (AvgIpc) is 2.56. The fourth-order valence-corrected chi connectivity index (χ4v) is 10.2. The second-order valence-corrected chi connectivity index (χ2v) is 22.6. The molecule has 1 unspecified atom stereocenters. The van der Waals surface area contributed by atoms with Crippen LogP contribution in [0.5, 0.6) is 17.2 Å². The maximum absolute atomic E-state index is 14.5. The predicted octanol–water partition coefficient (Wildman–Crippen LogP) is 6.46. The summed E-state index contributed by atoms with van der Waals surface area (Å²) in [6.45, 7) is 15.3. The van der Waals surface area contributed by atoms with E-state index in [2.05, 4.69) is 38.3 Å². The number of nitrogens with zero attached hydrogens (tertiary/aromatic N) is 5. The zero-order chi connectivity index (χ0) is 61.6. The summed E-state index contributed by atoms with van der Waals surface area (Å²) in [6.07, 6.45) is 5.35. The third-order valence-electron chi connectivity index (χ3n) is 14.8. The Kier molecular flexibility index (Phi) is 22.3. The zero-order valence-electron chi connectivity index (χ0n) is 50.4. The molecule has 2 aromatic heterocycles. The monoisotopic (exact) mass is 1180 g/mol. The molecule has 3 aliphatic rings. The molecule has 85 heavy (non-hydrogen) atoms. The molecule has 5 heterocycles. The van der Waals surface area contributed by atoms with E-state index in [9.17, 15) is 33.6 Å². The van der Waals surface area contributed by atoms with Crippen LogP contribution in [0.15, 0.2) is 60.9 Å². The number of hydroxylamine groups is 1. The molecular weight excluding hydrogens is 1100 g/mol. The molecule has 4 atom stereocenters. The van der Waals surface area contributed by atoms with Crippen molar-refractivity contribution in [2.45, 2.75) is 122 Å². The van der Waals surface area contributed by atoms with Crippen LogP contribution < -0.4 is 45.9 Å². The number of methoxy groups -OCH3 is 2. The molecular formula is C60H82N10O15. The second-order valence-electron chi connectivity index (χ2n) is 22.6. The Morgan fingerprint density at radius 3 is 2.39 bits per heavy atom. The molecule has 0 saturated carbocycles. The summed E-state index contributed by atoms with van der Waals surface area (Å²) < 4.78 is 44.5. The minimum atomic E-state index is -0.795. The lowest BCUT2D eigenvalue weighted by Gasteiger charge is -2.33. The van der Waals surface area contributed by atoms with Gasteiger partial charge in [-0.15, -0.1) is 0 Å². The molecule has 25 heteroatoms. The maximum atomic E-state index is 14.5. The summed E-state index contributed by atoms with van der Waals surface area (Å²) in [5, 5.41) is 11.3. The molecule has 2 fully saturated rings. The van der Waals surface area contributed by atoms with Crippen LogP contribution >= 0.6 is 0 Å². The number of nitrogens with one attached hydrogen (secondary N) is 5. The summed E-state index contributed by atoms with van der Waals surface area (Å²) in [4.78, 5) is 107. The highest BCUT2D eigenvalue weighted by molar-refractivity contribution is 6.06. The Morgan fingerprint density at radius 1 is 0.882 bits per heavy atom. The highest BCUT2D eigenvalue weighted by atomic mass is 16.7. The van der Waals surface area contributed by atoms with Crippen molar-refractivity contribution >= 4 is 59.1 Å². The number of fused-ring (bicyclic) bond motifs is 2. The number of amides is 6. The molecule has 462 valence electrons. The number of aryl methyl sites for hydroxylation is 2. The second kappa shape index (κ2) is 29.3. The summed E-state index contributed by atoms with van der Waals surface area (Å²) >= 11 is 0. The Hall–Kier alpha value is -7.84. The van der Waals surface area contributed by atoms with Gasteiger partial charge in [-0.1, -0.05) is 31.6 Å². The molecule has 6 amide bonds. The number of hydrogen-bond acceptors (Lipinski definition) is 17. The number of rotatable bonds is 29. The van der Waals surface area contributed by atoms with Gasteiger partial charge in [0.15, 0.2) is 17.3 Å². The molecule has 25 nitrogen and oxygen atoms in total. The summed E-state index contributed by atoms with van der Waals surface area (Å²) in [7, 11) is 7.98. The highest BCUT2D eigenvalue weighted by Crippen LogP contribution is 2.41. The van der Waals surface area contributed by atoms with Crippen LogP contribution in [-0.2, 0) is 54.1 Å². The van der Waals surface area contributed by atoms with Crippen LogP contribution in [0.1, 0.15) is 133 Å². The zero-order valence-corrected chi connectivity index (χ0v) is 50.4. The fourth-order valence-electron chi connectivity index (χ4n) is 10.2. The van der Waals surface area contributed by atoms with E-state index < -0.39 is 53.5 Å². The first-order valence-corrected chi connectivity index (χ1v) is 28.6. The van der Waals surface area contributed by atoms with Crippen molar-refractivity contribution in [3.63, 3.8) is 0 Å². The van der Waals surface area contributed by atoms with Crippen LogP contribution in [0.2, 0.25) is 0 Å². The van der Waals surface area contributed by atoms with E-state index in [1.165, 1.54) is 34.9 Å². The standard InChI is InChI=1S/C60H82N10O15/c1-12-38-24-42(34-71)83-52(26-38)84-47-17-16-39(25-44(47)54(73)63-20-18-59(3,4)82-36-60(5,6)85-61-7)35-81-58(77)70-32-41-23-37(2)30-69(41)57(76)43-28-48(79-11)49(29-45(43)70)80-22-13-15-51(72)64-40-27-46(67(8)31-40)55(74)66-50-33-68(9)53(65-50)56(75)62-19-14-21-78-10/h16-17,25,27-29,31,33-34,38,41-42,52,61H,2,12-15,18-24,26,30,32,35-36H2,1,3-11H3,(H,62,75)(H,63,73)(H,64,72)(H,66,74)/t38-,41?,42-,52-/m0/s1. The van der Waals surface area contributed by atoms with E-state index in [0.29, 0.717) is 63.1 Å². The van der Waals surface area contributed by atoms with Crippen LogP contribution in [0.25, 0.3) is 0 Å². The first-order chi connectivity index (χ1) is 40.5. The molecule has 0 bridgehead atoms. The third kappa shape index (κ3) is 17.4. The van der Waals surface area contributed by atoms with Crippen molar-refractivity contribution in [1.29, 1.82) is 0 Å². The van der Waals surface area contributed by atoms with Gasteiger partial charge in [0.1, 0.15) is 36.0 Å². The van der Waals surface area contributed by atoms with Crippen LogP contribution in [0, 0.1) is 5.92 Å². The molecule has 5 N–H and O–H groups in total. The topological polar surface area (TPSA) is 283 Å². The van der Waals surface area contributed by atoms with E-state index in [1.807, 2.05) is 34.6 Å². The minimum Gasteiger partial charge on any atom is -0.493 e. The van der Waals surface area contributed by atoms with Gasteiger partial charge in [-0.25, -0.2) is 15.3 Å². The Bertz CT molecular complexity index is 3060. The number of aldehydes is 1. The van der Waals surface area contributed by atoms with Crippen LogP contribution in [0.3, 0.4) is 0 Å². The number of anilines is 3. The average molecular weight is 1180 g/mol. The summed E-state index contributed by atoms with van der Waals surface area (Å²) in [5.74, 6) is -0.954. The van der Waals surface area contributed by atoms with Crippen molar-refractivity contribution in [2.24, 2.45) is 20.0 Å². The van der Waals surface area contributed by atoms with Crippen molar-refractivity contribution in [2.75, 3.05) is 82.8 Å². The first-order valence-electron chi connectivity index (χ1n) is 28.6. The van der Waals surface area contributed by atoms with Crippen LogP contribution in [-0.4, -0.2) is 158 Å². The molecule has 0 spiro atoms. The Morgan fingerprint density at radius 2 is 1.66 bits per heavy atom. The smallest absolute Gasteiger partial charge is 0.414 e. The summed E-state index contributed by atoms with van der Waals surface area (Å²) in [5.41, 5.74) is 3.89. The van der Waals surface area contributed by atoms with Gasteiger partial charge in [-0.3, -0.25) is 33.7 Å². The number of carbonyl (C=O) groups is 7. The lowest BCUT2D eigenvalue weighted by Crippen LogP contribution is -2.42. The number of hydrogen-bond donors (Lipinski definition) is 5. The highest BCUT2D eigenvalue weighted by Gasteiger charge is 2.41. The van der Waals surface area contributed by atoms with E-state index in [1.54, 1.807) is 68.2 Å². The van der Waals surface area contributed by atoms with Crippen molar-refractivity contribution in [1.82, 2.24) is 35.1 Å². The van der Waals surface area contributed by atoms with Crippen molar-refractivity contribution < 1.29 is 71.6 Å². The quantitative estimate of drug-likeness (QED) is 0.0169. The van der Waals surface area contributed by atoms with Gasteiger partial charge in [-0.05, 0) is 95.5 Å². The number of carbonyl (C=O) groups excluding carboxylic acids is 7. The van der Waals surface area contributed by atoms with Gasteiger partial charge in [0.05, 0.1) is 61.0 Å². The molecule has 0 aliphatic carbocycles. The third-order valence-corrected chi connectivity index (χ3v) is 14.8. The SMILES string of the molecule is C=C1CC2CN(C(=O)OCc3ccc(O[C@H]4C[C@@H](CC)C[C@@H](C=O)O4)c(C(=O)NCCC(C)(C)OCC(C)(C)ONC)c3)c3cc(OCCCC(=O)Nc4cc(C(=O)Nc5cn(C)c(C(=O)NCCCOC)n5)n(C)c4)c(OC)cc3C(=O)N2C1. The van der Waals surface area contributed by atoms with Crippen molar-refractivity contribution in [3.8, 4) is 17.2 Å². The Balaban J connectivity index is 1.01. The van der Waals surface area contributed by atoms with Gasteiger partial charge in [0.25, 0.3) is 23.6 Å². The van der Waals surface area contributed by atoms with Gasteiger partial charge in [0.2, 0.25) is 18.0 Å². The minimum absolute atomic E-state index is 0.0234. The lowest BCUT2D eigenvalue weighted by molar-refractivity contribution is -0.166. The molecule has 2 saturated heterocycles. The van der Waals surface area contributed by atoms with Crippen molar-refractivity contribution in [3.05, 3.63) is 89.2 Å². The number of aromatic nitrogens is 3. The van der Waals surface area contributed by atoms with E-state index in [4.69, 9.17) is 38.0 Å². The number of benzene rings is 2. The molecule has 0 radical (unpaired) electrons. The molecule has 7 rings (SSSR count). The van der Waals surface area contributed by atoms with Gasteiger partial charge in [0, 0.05) is 85.8 Å². The lowest BCUT2D eigenvalue weighted by atomic mass is 9.93. The Labute approximate surface area is 495 Å². The van der Waals surface area contributed by atoms with E-state index in [-0.39, 0.29) is 115 Å². The first kappa shape index (κ1) is 64.7. The largest absolute Gasteiger partial charge is 0.493 e. The van der Waals surface area contributed by atoms with Gasteiger partial charge in [-0.2, -0.15) is 0 Å². The summed E-state index contributed by atoms with van der Waals surface area (Å²) in [6, 6.07) is 9.05. The van der Waals surface area contributed by atoms with E-state index >= 15 is 0 Å². The fraction of sp³-hybridized carbons (Fsp3) is 0.533. The van der Waals surface area contributed by atoms with Crippen LogP contribution in [0.4, 0.5) is 22.0 Å². The van der Waals surface area contributed by atoms with Gasteiger partial charge < -0.3 is 73.3 Å². The van der Waals surface area contributed by atoms with Gasteiger partial charge >= 0.3 is 6.09 Å². The predicted molar refractivity (Wildman–Crippen MR) is 314 cm³/mol. The molecule has 4 aromatic rings. The van der Waals surface area contributed by atoms with E-state index in [0.717, 1.165) is 18.3 Å². The molecule has 2 aromatic carbocycles. The molecule has 3 aliphatic heterocycles. The maximum Gasteiger partial charge on any atom is 0.414 e. The normalized spacial score (nSPS) is 17.8. The number of imidazole rings is 1. The number of ether oxygens (including phenoxy) is 7.